The summed E-state index contributed by atoms with van der Waals surface area (Å²) in [6.07, 6.45) is 6.55. The van der Waals surface area contributed by atoms with Crippen molar-refractivity contribution in [2.75, 3.05) is 13.1 Å². The van der Waals surface area contributed by atoms with Crippen molar-refractivity contribution >= 4 is 6.47 Å². The number of hydrogen-bond acceptors (Lipinski definition) is 3. The summed E-state index contributed by atoms with van der Waals surface area (Å²) in [7, 11) is 0. The Balaban J connectivity index is 1.98. The van der Waals surface area contributed by atoms with E-state index in [0.29, 0.717) is 6.47 Å². The van der Waals surface area contributed by atoms with Gasteiger partial charge in [-0.05, 0) is 31.2 Å². The Kier molecular flexibility index (Phi) is 3.62. The molecule has 3 heteroatoms. The fraction of sp³-hybridized carbons (Fsp3) is 0.917. The van der Waals surface area contributed by atoms with Gasteiger partial charge < -0.3 is 4.74 Å². The average Bonchev–Trinajstić information content (AvgIpc) is 2.28. The molecule has 1 saturated carbocycles. The second kappa shape index (κ2) is 4.97. The number of nitrogens with zero attached hydrogens (tertiary/aromatic N) is 1. The van der Waals surface area contributed by atoms with Crippen LogP contribution in [0.4, 0.5) is 0 Å². The molecular weight excluding hydrogens is 190 g/mol. The number of rotatable bonds is 3. The summed E-state index contributed by atoms with van der Waals surface area (Å²) in [5.74, 6) is 1.65. The van der Waals surface area contributed by atoms with E-state index >= 15 is 0 Å². The maximum absolute atomic E-state index is 10.4. The smallest absolute Gasteiger partial charge is 0.294 e. The topological polar surface area (TPSA) is 29.5 Å². The average molecular weight is 211 g/mol. The molecule has 3 atom stereocenters. The van der Waals surface area contributed by atoms with E-state index in [1.807, 2.05) is 0 Å². The molecule has 86 valence electrons. The van der Waals surface area contributed by atoms with Crippen molar-refractivity contribution in [2.45, 2.75) is 45.3 Å². The first kappa shape index (κ1) is 10.9. The van der Waals surface area contributed by atoms with Crippen molar-refractivity contribution in [3.05, 3.63) is 0 Å². The molecule has 0 N–H and O–H groups in total. The number of piperidine rings is 1. The van der Waals surface area contributed by atoms with Gasteiger partial charge in [-0.25, -0.2) is 0 Å². The van der Waals surface area contributed by atoms with Gasteiger partial charge in [0.05, 0.1) is 0 Å². The molecule has 2 fully saturated rings. The van der Waals surface area contributed by atoms with Crippen LogP contribution in [0.2, 0.25) is 0 Å². The van der Waals surface area contributed by atoms with E-state index in [-0.39, 0.29) is 6.23 Å². The number of ether oxygens (including phenoxy) is 1. The maximum atomic E-state index is 10.4. The Morgan fingerprint density at radius 3 is 2.73 bits per heavy atom. The minimum atomic E-state index is 0.0480. The number of carbonyl (C=O) groups excluding carboxylic acids is 1. The van der Waals surface area contributed by atoms with Crippen LogP contribution in [0.15, 0.2) is 0 Å². The van der Waals surface area contributed by atoms with Crippen LogP contribution in [-0.4, -0.2) is 30.7 Å². The van der Waals surface area contributed by atoms with E-state index < -0.39 is 0 Å². The molecule has 3 nitrogen and oxygen atoms in total. The maximum Gasteiger partial charge on any atom is 0.294 e. The zero-order chi connectivity index (χ0) is 10.7. The van der Waals surface area contributed by atoms with Crippen LogP contribution >= 0.6 is 0 Å². The lowest BCUT2D eigenvalue weighted by atomic mass is 9.74. The van der Waals surface area contributed by atoms with Gasteiger partial charge >= 0.3 is 0 Å². The van der Waals surface area contributed by atoms with Crippen molar-refractivity contribution in [1.82, 2.24) is 4.90 Å². The summed E-state index contributed by atoms with van der Waals surface area (Å²) in [6, 6.07) is 0. The summed E-state index contributed by atoms with van der Waals surface area (Å²) in [6.45, 7) is 4.86. The van der Waals surface area contributed by atoms with Crippen LogP contribution in [0.25, 0.3) is 0 Å². The van der Waals surface area contributed by atoms with Gasteiger partial charge in [-0.2, -0.15) is 0 Å². The van der Waals surface area contributed by atoms with E-state index in [4.69, 9.17) is 4.74 Å². The quantitative estimate of drug-likeness (QED) is 0.669. The Hall–Kier alpha value is -0.570. The van der Waals surface area contributed by atoms with Crippen molar-refractivity contribution in [2.24, 2.45) is 11.8 Å². The Morgan fingerprint density at radius 1 is 1.33 bits per heavy atom. The molecule has 0 bridgehead atoms. The van der Waals surface area contributed by atoms with E-state index in [1.165, 1.54) is 25.7 Å². The molecule has 0 aromatic carbocycles. The normalized spacial score (nSPS) is 37.0. The number of likely N-dealkylation sites (tertiary alicyclic amines) is 1. The van der Waals surface area contributed by atoms with E-state index in [0.717, 1.165) is 31.3 Å². The fourth-order valence-corrected chi connectivity index (χ4v) is 3.20. The SMILES string of the molecule is CCN1CC2CCCCC2CC1OC=O. The third-order valence-corrected chi connectivity index (χ3v) is 4.07. The summed E-state index contributed by atoms with van der Waals surface area (Å²) < 4.78 is 5.18. The van der Waals surface area contributed by atoms with Crippen LogP contribution in [0.5, 0.6) is 0 Å². The van der Waals surface area contributed by atoms with Crippen molar-refractivity contribution in [3.8, 4) is 0 Å². The molecule has 0 spiro atoms. The molecular formula is C12H21NO2. The minimum absolute atomic E-state index is 0.0480. The third kappa shape index (κ3) is 2.33. The summed E-state index contributed by atoms with van der Waals surface area (Å²) in [5, 5.41) is 0. The fourth-order valence-electron chi connectivity index (χ4n) is 3.20. The molecule has 1 saturated heterocycles. The summed E-state index contributed by atoms with van der Waals surface area (Å²) in [5.41, 5.74) is 0. The minimum Gasteiger partial charge on any atom is -0.449 e. The van der Waals surface area contributed by atoms with Gasteiger partial charge in [0.2, 0.25) is 0 Å². The van der Waals surface area contributed by atoms with Crippen molar-refractivity contribution in [1.29, 1.82) is 0 Å². The largest absolute Gasteiger partial charge is 0.449 e. The van der Waals surface area contributed by atoms with Crippen molar-refractivity contribution in [3.63, 3.8) is 0 Å². The highest BCUT2D eigenvalue weighted by Gasteiger charge is 2.36. The molecule has 1 aliphatic carbocycles. The molecule has 15 heavy (non-hydrogen) atoms. The number of carbonyl (C=O) groups is 1. The Bertz CT molecular complexity index is 220. The first-order valence-corrected chi connectivity index (χ1v) is 6.18. The zero-order valence-corrected chi connectivity index (χ0v) is 9.52. The highest BCUT2D eigenvalue weighted by Crippen LogP contribution is 2.38. The van der Waals surface area contributed by atoms with E-state index in [2.05, 4.69) is 11.8 Å². The molecule has 3 unspecified atom stereocenters. The van der Waals surface area contributed by atoms with E-state index in [1.54, 1.807) is 0 Å². The highest BCUT2D eigenvalue weighted by molar-refractivity contribution is 5.37. The van der Waals surface area contributed by atoms with Gasteiger partial charge in [0.15, 0.2) is 6.23 Å². The number of fused-ring (bicyclic) bond motifs is 1. The molecule has 0 amide bonds. The van der Waals surface area contributed by atoms with Gasteiger partial charge in [-0.1, -0.05) is 19.8 Å². The van der Waals surface area contributed by atoms with Crippen LogP contribution in [0.1, 0.15) is 39.0 Å². The van der Waals surface area contributed by atoms with Crippen molar-refractivity contribution < 1.29 is 9.53 Å². The molecule has 2 aliphatic rings. The lowest BCUT2D eigenvalue weighted by Gasteiger charge is -2.44. The van der Waals surface area contributed by atoms with Crippen LogP contribution in [0.3, 0.4) is 0 Å². The highest BCUT2D eigenvalue weighted by atomic mass is 16.5. The van der Waals surface area contributed by atoms with E-state index in [9.17, 15) is 4.79 Å². The van der Waals surface area contributed by atoms with Gasteiger partial charge in [-0.3, -0.25) is 9.69 Å². The Labute approximate surface area is 91.8 Å². The third-order valence-electron chi connectivity index (χ3n) is 4.07. The van der Waals surface area contributed by atoms with Gasteiger partial charge in [0, 0.05) is 13.0 Å². The lowest BCUT2D eigenvalue weighted by molar-refractivity contribution is -0.153. The van der Waals surface area contributed by atoms with Gasteiger partial charge in [-0.15, -0.1) is 0 Å². The molecule has 0 aromatic heterocycles. The molecule has 0 radical (unpaired) electrons. The second-order valence-corrected chi connectivity index (χ2v) is 4.81. The predicted molar refractivity (Wildman–Crippen MR) is 58.2 cm³/mol. The van der Waals surface area contributed by atoms with Crippen LogP contribution in [0, 0.1) is 11.8 Å². The predicted octanol–water partition coefficient (Wildman–Crippen LogP) is 2.02. The zero-order valence-electron chi connectivity index (χ0n) is 9.52. The molecule has 1 heterocycles. The van der Waals surface area contributed by atoms with Crippen LogP contribution in [-0.2, 0) is 9.53 Å². The Morgan fingerprint density at radius 2 is 2.07 bits per heavy atom. The lowest BCUT2D eigenvalue weighted by Crippen LogP contribution is -2.49. The first-order valence-electron chi connectivity index (χ1n) is 6.18. The summed E-state index contributed by atoms with van der Waals surface area (Å²) >= 11 is 0. The van der Waals surface area contributed by atoms with Gasteiger partial charge in [0.25, 0.3) is 6.47 Å². The van der Waals surface area contributed by atoms with Crippen LogP contribution < -0.4 is 0 Å². The second-order valence-electron chi connectivity index (χ2n) is 4.81. The number of hydrogen-bond donors (Lipinski definition) is 0. The molecule has 1 aliphatic heterocycles. The monoisotopic (exact) mass is 211 g/mol. The molecule has 0 aromatic rings. The van der Waals surface area contributed by atoms with Gasteiger partial charge in [0.1, 0.15) is 0 Å². The first-order chi connectivity index (χ1) is 7.35. The molecule has 2 rings (SSSR count). The standard InChI is InChI=1S/C12H21NO2/c1-2-13-8-11-6-4-3-5-10(11)7-12(13)15-9-14/h9-12H,2-8H2,1H3. The summed E-state index contributed by atoms with van der Waals surface area (Å²) in [4.78, 5) is 12.8.